The van der Waals surface area contributed by atoms with E-state index in [2.05, 4.69) is 58.7 Å². The molecule has 0 bridgehead atoms. The molecular weight excluding hydrogens is 492 g/mol. The number of nitrogens with one attached hydrogen (secondary N) is 1. The van der Waals surface area contributed by atoms with Crippen molar-refractivity contribution < 1.29 is 21.9 Å². The molecule has 2 saturated carbocycles. The smallest absolute Gasteiger partial charge is 0.228 e. The lowest BCUT2D eigenvalue weighted by molar-refractivity contribution is -0.143. The molecule has 2 aliphatic carbocycles. The van der Waals surface area contributed by atoms with Crippen molar-refractivity contribution in [3.63, 3.8) is 0 Å². The zero-order valence-electron chi connectivity index (χ0n) is 22.5. The highest BCUT2D eigenvalue weighted by atomic mass is 35.5. The van der Waals surface area contributed by atoms with E-state index < -0.39 is 0 Å². The van der Waals surface area contributed by atoms with Crippen molar-refractivity contribution >= 4 is 5.91 Å². The van der Waals surface area contributed by atoms with Gasteiger partial charge in [0.1, 0.15) is 5.75 Å². The molecule has 7 rings (SSSR count). The number of hydrogen-bond donors (Lipinski definition) is 1. The third-order valence-electron chi connectivity index (χ3n) is 10.5. The fourth-order valence-corrected chi connectivity index (χ4v) is 8.39. The number of carbonyl (C=O) groups excluding carboxylic acids is 1. The van der Waals surface area contributed by atoms with Crippen LogP contribution in [0.5, 0.6) is 5.75 Å². The normalized spacial score (nSPS) is 31.4. The molecule has 1 N–H and O–H groups in total. The van der Waals surface area contributed by atoms with Gasteiger partial charge in [-0.2, -0.15) is 0 Å². The Kier molecular flexibility index (Phi) is 7.48. The first-order valence-corrected chi connectivity index (χ1v) is 15.1. The van der Waals surface area contributed by atoms with E-state index in [1.54, 1.807) is 0 Å². The van der Waals surface area contributed by atoms with Crippen LogP contribution in [-0.4, -0.2) is 43.1 Å². The quantitative estimate of drug-likeness (QED) is 0.656. The number of fused-ring (bicyclic) bond motifs is 2. The van der Waals surface area contributed by atoms with Gasteiger partial charge in [-0.1, -0.05) is 67.8 Å². The molecule has 1 amide bonds. The number of amides is 1. The molecule has 2 aromatic carbocycles. The van der Waals surface area contributed by atoms with Crippen molar-refractivity contribution in [1.82, 2.24) is 10.2 Å². The van der Waals surface area contributed by atoms with Gasteiger partial charge in [0, 0.05) is 36.7 Å². The monoisotopic (exact) mass is 533 g/mol. The molecule has 2 saturated heterocycles. The number of rotatable bonds is 4. The minimum atomic E-state index is -0.136. The van der Waals surface area contributed by atoms with E-state index in [9.17, 15) is 4.79 Å². The molecule has 38 heavy (non-hydrogen) atoms. The zero-order valence-corrected chi connectivity index (χ0v) is 23.3. The summed E-state index contributed by atoms with van der Waals surface area (Å²) in [6, 6.07) is 18.2. The number of piperidine rings is 1. The second-order valence-corrected chi connectivity index (χ2v) is 12.6. The van der Waals surface area contributed by atoms with Crippen LogP contribution in [0, 0.1) is 11.8 Å². The summed E-state index contributed by atoms with van der Waals surface area (Å²) in [5.74, 6) is 3.40. The van der Waals surface area contributed by atoms with Gasteiger partial charge in [-0.05, 0) is 73.8 Å². The molecule has 1 spiro atoms. The van der Waals surface area contributed by atoms with Crippen LogP contribution < -0.4 is 22.5 Å². The van der Waals surface area contributed by atoms with Crippen molar-refractivity contribution in [2.75, 3.05) is 26.2 Å². The van der Waals surface area contributed by atoms with Crippen LogP contribution in [0.3, 0.4) is 0 Å². The number of likely N-dealkylation sites (tertiary alicyclic amines) is 1. The van der Waals surface area contributed by atoms with E-state index in [0.29, 0.717) is 29.7 Å². The third-order valence-corrected chi connectivity index (χ3v) is 10.5. The molecule has 4 fully saturated rings. The SMILES string of the molecule is O=C([C@@H]1CNC[C@]12CCOc1c(C3CC3)cccc12)N1CC[C@@H](c2ccccc2)C[C@H]1C1CCCCC1.[Cl-]. The van der Waals surface area contributed by atoms with E-state index in [-0.39, 0.29) is 23.7 Å². The highest BCUT2D eigenvalue weighted by Gasteiger charge is 2.53. The summed E-state index contributed by atoms with van der Waals surface area (Å²) in [6.45, 7) is 3.31. The van der Waals surface area contributed by atoms with Crippen LogP contribution in [0.15, 0.2) is 48.5 Å². The second-order valence-electron chi connectivity index (χ2n) is 12.6. The fraction of sp³-hybridized carbons (Fsp3) is 0.606. The van der Waals surface area contributed by atoms with E-state index in [4.69, 9.17) is 4.74 Å². The molecule has 2 aromatic rings. The van der Waals surface area contributed by atoms with Crippen molar-refractivity contribution in [3.8, 4) is 5.75 Å². The summed E-state index contributed by atoms with van der Waals surface area (Å²) in [4.78, 5) is 17.0. The van der Waals surface area contributed by atoms with Gasteiger partial charge in [0.05, 0.1) is 12.5 Å². The summed E-state index contributed by atoms with van der Waals surface area (Å²) in [7, 11) is 0. The van der Waals surface area contributed by atoms with Crippen molar-refractivity contribution in [2.45, 2.75) is 87.5 Å². The predicted molar refractivity (Wildman–Crippen MR) is 147 cm³/mol. The fourth-order valence-electron chi connectivity index (χ4n) is 8.39. The van der Waals surface area contributed by atoms with E-state index in [0.717, 1.165) is 51.3 Å². The van der Waals surface area contributed by atoms with Crippen LogP contribution >= 0.6 is 0 Å². The van der Waals surface area contributed by atoms with Crippen LogP contribution in [-0.2, 0) is 10.2 Å². The van der Waals surface area contributed by atoms with Crippen LogP contribution in [0.2, 0.25) is 0 Å². The summed E-state index contributed by atoms with van der Waals surface area (Å²) in [5.41, 5.74) is 4.02. The molecule has 0 aromatic heterocycles. The average Bonchev–Trinajstić information content (AvgIpc) is 3.73. The molecule has 3 heterocycles. The Balaban J connectivity index is 0.00000264. The first kappa shape index (κ1) is 26.2. The standard InChI is InChI=1S/C33H42N2O2.ClH/c36-32(29-21-34-22-33(29)17-19-37-31-27(24-14-15-24)12-7-13-28(31)33)35-18-16-26(23-8-3-1-4-9-23)20-30(35)25-10-5-2-6-11-25;/h1,3-4,7-9,12-13,24-26,29-30,34H,2,5-6,10-11,14-22H2;1H/p-1/t26-,29+,30+,33+;/m1./s1. The maximum Gasteiger partial charge on any atom is 0.228 e. The van der Waals surface area contributed by atoms with E-state index in [1.807, 2.05) is 0 Å². The van der Waals surface area contributed by atoms with Crippen molar-refractivity contribution in [2.24, 2.45) is 11.8 Å². The highest BCUT2D eigenvalue weighted by molar-refractivity contribution is 5.82. The zero-order chi connectivity index (χ0) is 24.8. The molecule has 0 radical (unpaired) electrons. The lowest BCUT2D eigenvalue weighted by atomic mass is 9.67. The number of carbonyl (C=O) groups is 1. The number of ether oxygens (including phenoxy) is 1. The predicted octanol–water partition coefficient (Wildman–Crippen LogP) is 3.16. The molecule has 5 heteroatoms. The Morgan fingerprint density at radius 2 is 1.74 bits per heavy atom. The largest absolute Gasteiger partial charge is 1.00 e. The van der Waals surface area contributed by atoms with Crippen molar-refractivity contribution in [3.05, 3.63) is 65.2 Å². The Morgan fingerprint density at radius 3 is 2.53 bits per heavy atom. The number of hydrogen-bond acceptors (Lipinski definition) is 3. The van der Waals surface area contributed by atoms with Crippen LogP contribution in [0.1, 0.15) is 92.7 Å². The van der Waals surface area contributed by atoms with Gasteiger partial charge in [-0.25, -0.2) is 0 Å². The van der Waals surface area contributed by atoms with Crippen LogP contribution in [0.4, 0.5) is 0 Å². The van der Waals surface area contributed by atoms with E-state index >= 15 is 0 Å². The maximum atomic E-state index is 14.7. The average molecular weight is 534 g/mol. The Bertz CT molecular complexity index is 1130. The summed E-state index contributed by atoms with van der Waals surface area (Å²) < 4.78 is 6.34. The Labute approximate surface area is 234 Å². The first-order chi connectivity index (χ1) is 18.2. The number of halogens is 1. The minimum absolute atomic E-state index is 0. The second kappa shape index (κ2) is 10.8. The number of benzene rings is 2. The van der Waals surface area contributed by atoms with Gasteiger partial charge in [0.15, 0.2) is 0 Å². The lowest BCUT2D eigenvalue weighted by Gasteiger charge is -2.48. The molecular formula is C33H42ClN2O2-. The summed E-state index contributed by atoms with van der Waals surface area (Å²) in [6.07, 6.45) is 12.3. The van der Waals surface area contributed by atoms with Gasteiger partial charge >= 0.3 is 0 Å². The van der Waals surface area contributed by atoms with Gasteiger partial charge < -0.3 is 27.4 Å². The highest BCUT2D eigenvalue weighted by Crippen LogP contribution is 2.53. The van der Waals surface area contributed by atoms with Crippen LogP contribution in [0.25, 0.3) is 0 Å². The minimum Gasteiger partial charge on any atom is -1.00 e. The summed E-state index contributed by atoms with van der Waals surface area (Å²) in [5, 5.41) is 3.68. The number of nitrogens with zero attached hydrogens (tertiary/aromatic N) is 1. The lowest BCUT2D eigenvalue weighted by Crippen LogP contribution is -3.00. The maximum absolute atomic E-state index is 14.7. The first-order valence-electron chi connectivity index (χ1n) is 15.1. The van der Waals surface area contributed by atoms with E-state index in [1.165, 1.54) is 61.6 Å². The summed E-state index contributed by atoms with van der Waals surface area (Å²) >= 11 is 0. The van der Waals surface area contributed by atoms with Crippen molar-refractivity contribution in [1.29, 1.82) is 0 Å². The molecule has 4 nitrogen and oxygen atoms in total. The van der Waals surface area contributed by atoms with Gasteiger partial charge in [0.25, 0.3) is 0 Å². The van der Waals surface area contributed by atoms with Gasteiger partial charge in [-0.15, -0.1) is 0 Å². The van der Waals surface area contributed by atoms with Gasteiger partial charge in [0.2, 0.25) is 5.91 Å². The molecule has 3 aliphatic heterocycles. The topological polar surface area (TPSA) is 41.6 Å². The number of para-hydroxylation sites is 1. The third kappa shape index (κ3) is 4.56. The van der Waals surface area contributed by atoms with Gasteiger partial charge in [-0.3, -0.25) is 4.79 Å². The Morgan fingerprint density at radius 1 is 0.921 bits per heavy atom. The molecule has 4 atom stereocenters. The molecule has 0 unspecified atom stereocenters. The molecule has 204 valence electrons. The molecule has 5 aliphatic rings. The Hall–Kier alpha value is -2.04.